The largest absolute Gasteiger partial charge is 0.507 e. The Morgan fingerprint density at radius 3 is 2.33 bits per heavy atom. The van der Waals surface area contributed by atoms with Crippen LogP contribution in [0, 0.1) is 30.6 Å². The van der Waals surface area contributed by atoms with E-state index in [1.54, 1.807) is 58.0 Å². The maximum Gasteiger partial charge on any atom is 0.312 e. The Hall–Kier alpha value is -5.81. The maximum atomic E-state index is 14.8. The minimum absolute atomic E-state index is 0.0164. The van der Waals surface area contributed by atoms with Gasteiger partial charge in [-0.15, -0.1) is 0 Å². The number of Topliss-reactive ketones (excluding diaryl/α,β-unsaturated/α-hetero) is 1. The Morgan fingerprint density at radius 1 is 0.985 bits per heavy atom. The number of nitrogens with zero attached hydrogens (tertiary/aromatic N) is 2. The second kappa shape index (κ2) is 19.6. The number of rotatable bonds is 8. The van der Waals surface area contributed by atoms with Crippen LogP contribution in [0.4, 0.5) is 5.69 Å². The Labute approximate surface area is 384 Å². The summed E-state index contributed by atoms with van der Waals surface area (Å²) in [6, 6.07) is 5.05. The van der Waals surface area contributed by atoms with Crippen molar-refractivity contribution in [1.29, 1.82) is 0 Å². The summed E-state index contributed by atoms with van der Waals surface area (Å²) < 4.78 is 37.3. The highest BCUT2D eigenvalue weighted by Crippen LogP contribution is 2.50. The molecule has 16 nitrogen and oxygen atoms in total. The zero-order valence-corrected chi connectivity index (χ0v) is 39.9. The molecule has 66 heavy (non-hydrogen) atoms. The van der Waals surface area contributed by atoms with Crippen molar-refractivity contribution in [3.05, 3.63) is 75.7 Å². The number of allylic oxidation sites excluding steroid dienone is 2. The number of carbonyl (C=O) groups excluding carboxylic acids is 3. The number of ketones is 1. The van der Waals surface area contributed by atoms with E-state index in [1.807, 2.05) is 0 Å². The smallest absolute Gasteiger partial charge is 0.312 e. The van der Waals surface area contributed by atoms with Crippen molar-refractivity contribution in [3.8, 4) is 28.7 Å². The number of esters is 1. The number of benzene rings is 3. The lowest BCUT2D eigenvalue weighted by molar-refractivity contribution is -0.906. The van der Waals surface area contributed by atoms with Crippen LogP contribution in [0.1, 0.15) is 78.2 Å². The molecule has 16 heteroatoms. The number of aliphatic hydroxyl groups is 2. The maximum absolute atomic E-state index is 14.8. The van der Waals surface area contributed by atoms with Crippen molar-refractivity contribution in [3.63, 3.8) is 0 Å². The molecule has 1 aliphatic carbocycles. The Bertz CT molecular complexity index is 2630. The van der Waals surface area contributed by atoms with E-state index in [0.717, 1.165) is 24.1 Å². The molecule has 4 heterocycles. The number of nitrogens with one attached hydrogen (secondary N) is 1. The van der Waals surface area contributed by atoms with Crippen molar-refractivity contribution in [1.82, 2.24) is 4.98 Å². The van der Waals surface area contributed by atoms with Crippen LogP contribution >= 0.6 is 0 Å². The SMILES string of the molecule is CC[N+](C)(CC)CCOc1ccc2nc3c4c5c6c(C)c(O)c4c(=O)c(c-3oc2c1)NC(=O)/C(C)=C\C=C\[C@H](C)[C@H](O)[C@@H](C)[C@@H](O)[C@@H](C)[C@H](OC(C)=O)[C@H](C)[C@@H](OC)/C=C/O[C@@](C)(O6)C5=O. The van der Waals surface area contributed by atoms with Crippen LogP contribution in [0.2, 0.25) is 0 Å². The van der Waals surface area contributed by atoms with Crippen molar-refractivity contribution in [2.75, 3.05) is 45.7 Å². The van der Waals surface area contributed by atoms with Gasteiger partial charge in [0.1, 0.15) is 53.4 Å². The van der Waals surface area contributed by atoms with Gasteiger partial charge in [-0.1, -0.05) is 45.9 Å². The van der Waals surface area contributed by atoms with E-state index in [1.165, 1.54) is 53.2 Å². The van der Waals surface area contributed by atoms with E-state index in [0.29, 0.717) is 17.9 Å². The monoisotopic (exact) mass is 914 g/mol. The first-order valence-corrected chi connectivity index (χ1v) is 22.5. The van der Waals surface area contributed by atoms with Gasteiger partial charge in [-0.3, -0.25) is 19.2 Å². The Kier molecular flexibility index (Phi) is 14.7. The molecule has 5 aliphatic rings. The van der Waals surface area contributed by atoms with E-state index in [-0.39, 0.29) is 55.9 Å². The fourth-order valence-corrected chi connectivity index (χ4v) is 8.80. The number of carbonyl (C=O) groups is 3. The zero-order chi connectivity index (χ0) is 48.6. The lowest BCUT2D eigenvalue weighted by atomic mass is 9.78. The highest BCUT2D eigenvalue weighted by Gasteiger charge is 2.50. The summed E-state index contributed by atoms with van der Waals surface area (Å²) in [5.74, 6) is -6.76. The van der Waals surface area contributed by atoms with Gasteiger partial charge >= 0.3 is 11.8 Å². The number of phenols is 1. The molecule has 2 aromatic rings. The number of aromatic nitrogens is 1. The molecule has 356 valence electrons. The molecule has 2 aromatic carbocycles. The topological polar surface area (TPSA) is 213 Å². The molecule has 5 bridgehead atoms. The van der Waals surface area contributed by atoms with Crippen molar-refractivity contribution in [2.45, 2.75) is 99.4 Å². The molecule has 0 saturated heterocycles. The molecule has 0 radical (unpaired) electrons. The van der Waals surface area contributed by atoms with Gasteiger partial charge in [0.05, 0.1) is 55.7 Å². The Morgan fingerprint density at radius 2 is 1.68 bits per heavy atom. The average molecular weight is 915 g/mol. The predicted molar refractivity (Wildman–Crippen MR) is 249 cm³/mol. The van der Waals surface area contributed by atoms with E-state index in [2.05, 4.69) is 26.2 Å². The standard InChI is InChI=1S/C50H63N3O13/c1-13-53(11,14-2)21-23-62-32-18-19-33-35(24-32)65-47-39(51-33)36-37-43(57)30(8)46-38(36)48(59)50(10,66-46)63-22-20-34(61-12)27(5)45(64-31(9)54)29(7)42(56)28(6)41(55)25(3)16-15-17-26(4)49(60)52-40(47)44(37)58/h15-20,22,24-25,27-29,34,41-42,45,55-56H,13-14,21,23H2,1-12H3,(H-,51,52,57,58,59,60)/p+1/b16-15+,22-20+,26-17-/t25-,27+,28+,29+,34-,41-,42+,45+,50-/m0/s1. The predicted octanol–water partition coefficient (Wildman–Crippen LogP) is 6.81. The molecule has 9 atom stereocenters. The van der Waals surface area contributed by atoms with Gasteiger partial charge in [-0.25, -0.2) is 4.98 Å². The number of hydrogen-bond acceptors (Lipinski definition) is 14. The van der Waals surface area contributed by atoms with E-state index < -0.39 is 82.7 Å². The number of amides is 1. The first kappa shape index (κ1) is 49.6. The molecular weight excluding hydrogens is 851 g/mol. The number of ether oxygens (including phenoxy) is 5. The number of anilines is 1. The summed E-state index contributed by atoms with van der Waals surface area (Å²) in [6.45, 7) is 19.9. The van der Waals surface area contributed by atoms with Crippen LogP contribution in [0.15, 0.2) is 63.6 Å². The number of methoxy groups -OCH3 is 1. The lowest BCUT2D eigenvalue weighted by Crippen LogP contribution is -2.46. The van der Waals surface area contributed by atoms with Crippen LogP contribution in [0.25, 0.3) is 33.3 Å². The van der Waals surface area contributed by atoms with Gasteiger partial charge in [0.25, 0.3) is 11.7 Å². The third-order valence-electron chi connectivity index (χ3n) is 13.7. The second-order valence-corrected chi connectivity index (χ2v) is 18.2. The number of aromatic hydroxyl groups is 1. The van der Waals surface area contributed by atoms with Gasteiger partial charge in [-0.05, 0) is 45.9 Å². The minimum Gasteiger partial charge on any atom is -0.507 e. The third kappa shape index (κ3) is 9.41. The molecule has 0 fully saturated rings. The quantitative estimate of drug-likeness (QED) is 0.0619. The van der Waals surface area contributed by atoms with Crippen molar-refractivity contribution < 1.29 is 62.3 Å². The first-order valence-electron chi connectivity index (χ1n) is 22.5. The normalized spacial score (nSPS) is 28.4. The minimum atomic E-state index is -2.04. The molecule has 0 saturated carbocycles. The fraction of sp³-hybridized carbons (Fsp3) is 0.500. The molecule has 4 N–H and O–H groups in total. The summed E-state index contributed by atoms with van der Waals surface area (Å²) in [6.07, 6.45) is 3.61. The van der Waals surface area contributed by atoms with Crippen LogP contribution in [0.3, 0.4) is 0 Å². The van der Waals surface area contributed by atoms with Gasteiger partial charge in [0.2, 0.25) is 5.43 Å². The number of fused-ring (bicyclic) bond motifs is 14. The number of aliphatic hydroxyl groups excluding tert-OH is 2. The molecule has 7 rings (SSSR count). The van der Waals surface area contributed by atoms with Crippen molar-refractivity contribution in [2.24, 2.45) is 23.7 Å². The summed E-state index contributed by atoms with van der Waals surface area (Å²) in [5.41, 5.74) is -0.521. The van der Waals surface area contributed by atoms with E-state index in [9.17, 15) is 34.5 Å². The van der Waals surface area contributed by atoms with Crippen molar-refractivity contribution >= 4 is 45.2 Å². The summed E-state index contributed by atoms with van der Waals surface area (Å²) in [5, 5.41) is 37.2. The zero-order valence-electron chi connectivity index (χ0n) is 39.9. The fourth-order valence-electron chi connectivity index (χ4n) is 8.80. The molecule has 1 amide bonds. The number of likely N-dealkylation sites (N-methyl/N-ethyl adjacent to an activating group) is 1. The summed E-state index contributed by atoms with van der Waals surface area (Å²) in [7, 11) is 3.60. The van der Waals surface area contributed by atoms with E-state index in [4.69, 9.17) is 33.1 Å². The van der Waals surface area contributed by atoms with Crippen LogP contribution < -0.4 is 20.2 Å². The van der Waals surface area contributed by atoms with Gasteiger partial charge in [0, 0.05) is 67.2 Å². The molecule has 0 aromatic heterocycles. The number of hydrogen-bond donors (Lipinski definition) is 4. The number of phenolic OH excluding ortho intramolecular Hbond substituents is 1. The lowest BCUT2D eigenvalue weighted by Gasteiger charge is -2.38. The highest BCUT2D eigenvalue weighted by molar-refractivity contribution is 6.22. The first-order chi connectivity index (χ1) is 31.1. The Balaban J connectivity index is 1.56. The number of quaternary nitrogens is 1. The van der Waals surface area contributed by atoms with E-state index >= 15 is 0 Å². The molecular formula is C50H64N3O13+. The van der Waals surface area contributed by atoms with Gasteiger partial charge in [-0.2, -0.15) is 0 Å². The summed E-state index contributed by atoms with van der Waals surface area (Å²) >= 11 is 0. The molecule has 0 unspecified atom stereocenters. The highest BCUT2D eigenvalue weighted by atomic mass is 16.7. The molecule has 0 spiro atoms. The van der Waals surface area contributed by atoms with Gasteiger partial charge < -0.3 is 53.2 Å². The van der Waals surface area contributed by atoms with Gasteiger partial charge in [0.15, 0.2) is 11.3 Å². The van der Waals surface area contributed by atoms with Crippen LogP contribution in [0.5, 0.6) is 17.2 Å². The second-order valence-electron chi connectivity index (χ2n) is 18.2. The summed E-state index contributed by atoms with van der Waals surface area (Å²) in [4.78, 5) is 60.8. The van der Waals surface area contributed by atoms with Crippen LogP contribution in [-0.2, 0) is 23.8 Å². The van der Waals surface area contributed by atoms with Crippen LogP contribution in [-0.4, -0.2) is 113 Å². The molecule has 4 aliphatic heterocycles. The average Bonchev–Trinajstić information content (AvgIpc) is 3.56. The third-order valence-corrected chi connectivity index (χ3v) is 13.7.